The molecule has 2 rings (SSSR count). The van der Waals surface area contributed by atoms with Gasteiger partial charge in [-0.15, -0.1) is 0 Å². The molecule has 0 amide bonds. The molecule has 0 fully saturated rings. The first kappa shape index (κ1) is 18.2. The van der Waals surface area contributed by atoms with Crippen LogP contribution in [0.2, 0.25) is 0 Å². The standard InChI is InChI=1S/C18H22BrNO2S/c1-14-4-5-15(2)18(12-14)23(21,22)11-10-20(3)13-16-6-8-17(19)9-7-16/h4-9,12H,10-11,13H2,1-3H3. The number of sulfone groups is 1. The molecule has 0 aliphatic heterocycles. The van der Waals surface area contributed by atoms with Gasteiger partial charge in [-0.3, -0.25) is 0 Å². The summed E-state index contributed by atoms with van der Waals surface area (Å²) < 4.78 is 26.2. The first-order chi connectivity index (χ1) is 10.8. The minimum atomic E-state index is -3.26. The smallest absolute Gasteiger partial charge is 0.179 e. The molecule has 0 aliphatic rings. The van der Waals surface area contributed by atoms with Crippen molar-refractivity contribution in [2.45, 2.75) is 25.3 Å². The summed E-state index contributed by atoms with van der Waals surface area (Å²) in [7, 11) is -1.31. The van der Waals surface area contributed by atoms with Crippen LogP contribution in [-0.2, 0) is 16.4 Å². The largest absolute Gasteiger partial charge is 0.301 e. The summed E-state index contributed by atoms with van der Waals surface area (Å²) in [6.07, 6.45) is 0. The number of aryl methyl sites for hydroxylation is 2. The van der Waals surface area contributed by atoms with Crippen LogP contribution < -0.4 is 0 Å². The van der Waals surface area contributed by atoms with Crippen LogP contribution in [0.3, 0.4) is 0 Å². The number of hydrogen-bond donors (Lipinski definition) is 0. The highest BCUT2D eigenvalue weighted by molar-refractivity contribution is 9.10. The summed E-state index contributed by atoms with van der Waals surface area (Å²) in [6.45, 7) is 5.00. The predicted octanol–water partition coefficient (Wildman–Crippen LogP) is 3.97. The van der Waals surface area contributed by atoms with E-state index in [9.17, 15) is 8.42 Å². The van der Waals surface area contributed by atoms with Crippen molar-refractivity contribution in [1.29, 1.82) is 0 Å². The Morgan fingerprint density at radius 2 is 1.70 bits per heavy atom. The molecule has 0 radical (unpaired) electrons. The van der Waals surface area contributed by atoms with Gasteiger partial charge in [-0.25, -0.2) is 8.42 Å². The summed E-state index contributed by atoms with van der Waals surface area (Å²) in [6, 6.07) is 13.6. The van der Waals surface area contributed by atoms with E-state index in [4.69, 9.17) is 0 Å². The third kappa shape index (κ3) is 5.16. The minimum absolute atomic E-state index is 0.129. The molecule has 2 aromatic rings. The van der Waals surface area contributed by atoms with E-state index in [0.717, 1.165) is 22.1 Å². The second-order valence-corrected chi connectivity index (χ2v) is 8.95. The Bertz CT molecular complexity index is 770. The molecular formula is C18H22BrNO2S. The zero-order valence-corrected chi connectivity index (χ0v) is 16.1. The van der Waals surface area contributed by atoms with Crippen LogP contribution in [0.4, 0.5) is 0 Å². The Labute approximate surface area is 147 Å². The van der Waals surface area contributed by atoms with Gasteiger partial charge in [-0.1, -0.05) is 40.2 Å². The maximum absolute atomic E-state index is 12.6. The molecule has 0 spiro atoms. The van der Waals surface area contributed by atoms with Gasteiger partial charge in [0.15, 0.2) is 9.84 Å². The minimum Gasteiger partial charge on any atom is -0.301 e. The van der Waals surface area contributed by atoms with E-state index >= 15 is 0 Å². The lowest BCUT2D eigenvalue weighted by Crippen LogP contribution is -2.25. The second kappa shape index (κ2) is 7.60. The molecule has 0 saturated carbocycles. The van der Waals surface area contributed by atoms with Gasteiger partial charge in [0.05, 0.1) is 10.6 Å². The van der Waals surface area contributed by atoms with Gasteiger partial charge in [0, 0.05) is 17.6 Å². The van der Waals surface area contributed by atoms with Gasteiger partial charge in [0.1, 0.15) is 0 Å². The Hall–Kier alpha value is -1.17. The molecule has 0 N–H and O–H groups in total. The maximum Gasteiger partial charge on any atom is 0.179 e. The van der Waals surface area contributed by atoms with Crippen molar-refractivity contribution in [3.8, 4) is 0 Å². The van der Waals surface area contributed by atoms with Gasteiger partial charge in [-0.2, -0.15) is 0 Å². The van der Waals surface area contributed by atoms with Crippen LogP contribution in [-0.4, -0.2) is 32.7 Å². The Morgan fingerprint density at radius 3 is 2.35 bits per heavy atom. The second-order valence-electron chi connectivity index (χ2n) is 5.95. The van der Waals surface area contributed by atoms with E-state index in [0.29, 0.717) is 11.4 Å². The molecule has 0 aliphatic carbocycles. The maximum atomic E-state index is 12.6. The average molecular weight is 396 g/mol. The van der Waals surface area contributed by atoms with Gasteiger partial charge in [0.25, 0.3) is 0 Å². The van der Waals surface area contributed by atoms with Crippen LogP contribution in [0.15, 0.2) is 51.8 Å². The zero-order valence-electron chi connectivity index (χ0n) is 13.7. The third-order valence-corrected chi connectivity index (χ3v) is 6.14. The molecule has 23 heavy (non-hydrogen) atoms. The number of rotatable bonds is 6. The summed E-state index contributed by atoms with van der Waals surface area (Å²) in [5, 5.41) is 0. The third-order valence-electron chi connectivity index (χ3n) is 3.79. The molecule has 0 atom stereocenters. The van der Waals surface area contributed by atoms with Gasteiger partial charge < -0.3 is 4.90 Å². The Balaban J connectivity index is 2.01. The van der Waals surface area contributed by atoms with Crippen LogP contribution >= 0.6 is 15.9 Å². The van der Waals surface area contributed by atoms with Crippen LogP contribution in [0.5, 0.6) is 0 Å². The van der Waals surface area contributed by atoms with Crippen LogP contribution in [0.1, 0.15) is 16.7 Å². The summed E-state index contributed by atoms with van der Waals surface area (Å²) in [5.74, 6) is 0.129. The molecule has 0 unspecified atom stereocenters. The normalized spacial score (nSPS) is 11.9. The van der Waals surface area contributed by atoms with Crippen molar-refractivity contribution >= 4 is 25.8 Å². The van der Waals surface area contributed by atoms with E-state index in [1.807, 2.05) is 62.2 Å². The molecule has 0 heterocycles. The molecule has 2 aromatic carbocycles. The number of halogens is 1. The summed E-state index contributed by atoms with van der Waals surface area (Å²) >= 11 is 3.41. The monoisotopic (exact) mass is 395 g/mol. The van der Waals surface area contributed by atoms with E-state index in [2.05, 4.69) is 15.9 Å². The lowest BCUT2D eigenvalue weighted by molar-refractivity contribution is 0.346. The van der Waals surface area contributed by atoms with E-state index in [1.165, 1.54) is 5.56 Å². The first-order valence-electron chi connectivity index (χ1n) is 7.51. The molecule has 124 valence electrons. The number of nitrogens with zero attached hydrogens (tertiary/aromatic N) is 1. The van der Waals surface area contributed by atoms with Crippen molar-refractivity contribution in [3.05, 3.63) is 63.6 Å². The zero-order chi connectivity index (χ0) is 17.0. The van der Waals surface area contributed by atoms with Crippen molar-refractivity contribution < 1.29 is 8.42 Å². The number of benzene rings is 2. The highest BCUT2D eigenvalue weighted by Gasteiger charge is 2.18. The van der Waals surface area contributed by atoms with E-state index in [-0.39, 0.29) is 5.75 Å². The summed E-state index contributed by atoms with van der Waals surface area (Å²) in [5.41, 5.74) is 2.95. The van der Waals surface area contributed by atoms with Crippen LogP contribution in [0.25, 0.3) is 0 Å². The lowest BCUT2D eigenvalue weighted by Gasteiger charge is -2.17. The fourth-order valence-corrected chi connectivity index (χ4v) is 4.37. The lowest BCUT2D eigenvalue weighted by atomic mass is 10.2. The fourth-order valence-electron chi connectivity index (χ4n) is 2.41. The van der Waals surface area contributed by atoms with E-state index < -0.39 is 9.84 Å². The highest BCUT2D eigenvalue weighted by Crippen LogP contribution is 2.18. The molecule has 5 heteroatoms. The number of hydrogen-bond acceptors (Lipinski definition) is 3. The van der Waals surface area contributed by atoms with Crippen molar-refractivity contribution in [3.63, 3.8) is 0 Å². The Kier molecular flexibility index (Phi) is 6.00. The molecular weight excluding hydrogens is 374 g/mol. The van der Waals surface area contributed by atoms with Gasteiger partial charge in [-0.05, 0) is 55.8 Å². The first-order valence-corrected chi connectivity index (χ1v) is 9.95. The molecule has 3 nitrogen and oxygen atoms in total. The average Bonchev–Trinajstić information content (AvgIpc) is 2.50. The fraction of sp³-hybridized carbons (Fsp3) is 0.333. The van der Waals surface area contributed by atoms with Gasteiger partial charge >= 0.3 is 0 Å². The SMILES string of the molecule is Cc1ccc(C)c(S(=O)(=O)CCN(C)Cc2ccc(Br)cc2)c1. The summed E-state index contributed by atoms with van der Waals surface area (Å²) in [4.78, 5) is 2.49. The van der Waals surface area contributed by atoms with Gasteiger partial charge in [0.2, 0.25) is 0 Å². The van der Waals surface area contributed by atoms with Crippen molar-refractivity contribution in [1.82, 2.24) is 4.90 Å². The molecule has 0 bridgehead atoms. The Morgan fingerprint density at radius 1 is 1.04 bits per heavy atom. The van der Waals surface area contributed by atoms with Crippen LogP contribution in [0, 0.1) is 13.8 Å². The molecule has 0 saturated heterocycles. The highest BCUT2D eigenvalue weighted by atomic mass is 79.9. The quantitative estimate of drug-likeness (QED) is 0.742. The van der Waals surface area contributed by atoms with Crippen molar-refractivity contribution in [2.75, 3.05) is 19.3 Å². The predicted molar refractivity (Wildman–Crippen MR) is 98.4 cm³/mol. The molecule has 0 aromatic heterocycles. The van der Waals surface area contributed by atoms with Crippen molar-refractivity contribution in [2.24, 2.45) is 0 Å². The topological polar surface area (TPSA) is 37.4 Å². The van der Waals surface area contributed by atoms with E-state index in [1.54, 1.807) is 6.07 Å².